The lowest BCUT2D eigenvalue weighted by Gasteiger charge is -2.41. The number of amides is 2. The van der Waals surface area contributed by atoms with E-state index >= 15 is 0 Å². The fourth-order valence-electron chi connectivity index (χ4n) is 2.81. The lowest BCUT2D eigenvalue weighted by atomic mass is 10.2. The highest BCUT2D eigenvalue weighted by Crippen LogP contribution is 2.22. The van der Waals surface area contributed by atoms with Gasteiger partial charge >= 0.3 is 6.03 Å². The van der Waals surface area contributed by atoms with Crippen LogP contribution < -0.4 is 15.4 Å². The number of nitrogens with zero attached hydrogens (tertiary/aromatic N) is 1. The molecule has 2 fully saturated rings. The van der Waals surface area contributed by atoms with Crippen LogP contribution in [0.1, 0.15) is 6.42 Å². The second-order valence-electron chi connectivity index (χ2n) is 5.72. The van der Waals surface area contributed by atoms with Crippen LogP contribution in [0.15, 0.2) is 24.3 Å². The summed E-state index contributed by atoms with van der Waals surface area (Å²) in [5, 5.41) is 6.21. The van der Waals surface area contributed by atoms with Gasteiger partial charge in [-0.3, -0.25) is 0 Å². The van der Waals surface area contributed by atoms with Crippen LogP contribution in [-0.4, -0.2) is 63.2 Å². The van der Waals surface area contributed by atoms with Gasteiger partial charge in [-0.1, -0.05) is 6.07 Å². The van der Waals surface area contributed by atoms with E-state index < -0.39 is 5.79 Å². The summed E-state index contributed by atoms with van der Waals surface area (Å²) in [6.07, 6.45) is 0.946. The number of methoxy groups -OCH3 is 1. The van der Waals surface area contributed by atoms with Gasteiger partial charge in [0, 0.05) is 18.3 Å². The Morgan fingerprint density at radius 3 is 3.13 bits per heavy atom. The second kappa shape index (κ2) is 7.16. The van der Waals surface area contributed by atoms with Crippen LogP contribution in [0.5, 0.6) is 5.75 Å². The van der Waals surface area contributed by atoms with Gasteiger partial charge in [-0.15, -0.1) is 0 Å². The first kappa shape index (κ1) is 16.0. The minimum Gasteiger partial charge on any atom is -0.497 e. The molecule has 2 aliphatic heterocycles. The summed E-state index contributed by atoms with van der Waals surface area (Å²) in [7, 11) is 1.60. The Hall–Kier alpha value is -1.83. The molecular weight excluding hydrogens is 298 g/mol. The van der Waals surface area contributed by atoms with E-state index in [1.165, 1.54) is 0 Å². The zero-order valence-corrected chi connectivity index (χ0v) is 13.3. The van der Waals surface area contributed by atoms with Gasteiger partial charge in [0.15, 0.2) is 5.79 Å². The highest BCUT2D eigenvalue weighted by atomic mass is 16.7. The van der Waals surface area contributed by atoms with Crippen LogP contribution in [0.25, 0.3) is 0 Å². The van der Waals surface area contributed by atoms with Gasteiger partial charge < -0.3 is 29.7 Å². The Kier molecular flexibility index (Phi) is 5.00. The van der Waals surface area contributed by atoms with Gasteiger partial charge in [-0.25, -0.2) is 4.79 Å². The minimum absolute atomic E-state index is 0.159. The van der Waals surface area contributed by atoms with Crippen molar-refractivity contribution in [3.63, 3.8) is 0 Å². The number of hydrogen-bond acceptors (Lipinski definition) is 5. The molecule has 0 aliphatic carbocycles. The van der Waals surface area contributed by atoms with Crippen molar-refractivity contribution in [1.29, 1.82) is 0 Å². The number of hydrogen-bond donors (Lipinski definition) is 2. The fourth-order valence-corrected chi connectivity index (χ4v) is 2.81. The molecule has 1 atom stereocenters. The molecule has 126 valence electrons. The van der Waals surface area contributed by atoms with Crippen molar-refractivity contribution in [2.45, 2.75) is 12.2 Å². The zero-order chi connectivity index (χ0) is 16.1. The summed E-state index contributed by atoms with van der Waals surface area (Å²) in [6.45, 7) is 3.55. The van der Waals surface area contributed by atoms with E-state index in [1.54, 1.807) is 18.1 Å². The van der Waals surface area contributed by atoms with Crippen LogP contribution >= 0.6 is 0 Å². The molecule has 7 heteroatoms. The van der Waals surface area contributed by atoms with Crippen LogP contribution in [0.2, 0.25) is 0 Å². The Balaban J connectivity index is 1.64. The lowest BCUT2D eigenvalue weighted by Crippen LogP contribution is -2.59. The SMILES string of the molecule is COc1cccc(NC(=O)N2CCOC3(CNCCCO3)C2)c1. The summed E-state index contributed by atoms with van der Waals surface area (Å²) in [5.41, 5.74) is 0.704. The number of benzene rings is 1. The molecule has 1 aromatic rings. The predicted molar refractivity (Wildman–Crippen MR) is 85.7 cm³/mol. The number of ether oxygens (including phenoxy) is 3. The molecular formula is C16H23N3O4. The van der Waals surface area contributed by atoms with Crippen molar-refractivity contribution < 1.29 is 19.0 Å². The van der Waals surface area contributed by atoms with E-state index in [0.29, 0.717) is 44.3 Å². The molecule has 1 unspecified atom stereocenters. The van der Waals surface area contributed by atoms with Gasteiger partial charge in [0.2, 0.25) is 0 Å². The molecule has 2 N–H and O–H groups in total. The monoisotopic (exact) mass is 321 g/mol. The van der Waals surface area contributed by atoms with E-state index in [-0.39, 0.29) is 6.03 Å². The lowest BCUT2D eigenvalue weighted by molar-refractivity contribution is -0.252. The highest BCUT2D eigenvalue weighted by Gasteiger charge is 2.40. The molecule has 23 heavy (non-hydrogen) atoms. The number of anilines is 1. The predicted octanol–water partition coefficient (Wildman–Crippen LogP) is 1.27. The van der Waals surface area contributed by atoms with Crippen molar-refractivity contribution in [1.82, 2.24) is 10.2 Å². The molecule has 3 rings (SSSR count). The molecule has 0 aromatic heterocycles. The Morgan fingerprint density at radius 2 is 2.26 bits per heavy atom. The molecule has 7 nitrogen and oxygen atoms in total. The van der Waals surface area contributed by atoms with Gasteiger partial charge in [0.25, 0.3) is 0 Å². The molecule has 2 aliphatic rings. The average Bonchev–Trinajstić information content (AvgIpc) is 2.80. The minimum atomic E-state index is -0.736. The highest BCUT2D eigenvalue weighted by molar-refractivity contribution is 5.89. The number of nitrogens with one attached hydrogen (secondary N) is 2. The van der Waals surface area contributed by atoms with E-state index in [0.717, 1.165) is 13.0 Å². The standard InChI is InChI=1S/C16H23N3O4/c1-21-14-5-2-4-13(10-14)18-15(20)19-7-9-23-16(12-19)11-17-6-3-8-22-16/h2,4-5,10,17H,3,6-9,11-12H2,1H3,(H,18,20). The zero-order valence-electron chi connectivity index (χ0n) is 13.3. The van der Waals surface area contributed by atoms with Crippen LogP contribution in [0, 0.1) is 0 Å². The third-order valence-corrected chi connectivity index (χ3v) is 4.02. The largest absolute Gasteiger partial charge is 0.497 e. The summed E-state index contributed by atoms with van der Waals surface area (Å²) in [5.74, 6) is -0.0296. The van der Waals surface area contributed by atoms with E-state index in [1.807, 2.05) is 18.2 Å². The van der Waals surface area contributed by atoms with Crippen molar-refractivity contribution in [3.8, 4) is 5.75 Å². The molecule has 1 aromatic carbocycles. The second-order valence-corrected chi connectivity index (χ2v) is 5.72. The molecule has 2 heterocycles. The van der Waals surface area contributed by atoms with E-state index in [2.05, 4.69) is 10.6 Å². The smallest absolute Gasteiger partial charge is 0.322 e. The van der Waals surface area contributed by atoms with E-state index in [9.17, 15) is 4.79 Å². The summed E-state index contributed by atoms with van der Waals surface area (Å²) in [6, 6.07) is 7.14. The number of morpholine rings is 1. The number of carbonyl (C=O) groups excluding carboxylic acids is 1. The summed E-state index contributed by atoms with van der Waals surface area (Å²) >= 11 is 0. The number of urea groups is 1. The molecule has 2 saturated heterocycles. The van der Waals surface area contributed by atoms with Crippen molar-refractivity contribution in [2.75, 3.05) is 51.8 Å². The van der Waals surface area contributed by atoms with Crippen LogP contribution in [0.3, 0.4) is 0 Å². The van der Waals surface area contributed by atoms with Crippen molar-refractivity contribution in [2.24, 2.45) is 0 Å². The van der Waals surface area contributed by atoms with Gasteiger partial charge in [0.1, 0.15) is 5.75 Å². The Bertz CT molecular complexity index is 544. The molecule has 0 saturated carbocycles. The molecule has 0 bridgehead atoms. The fraction of sp³-hybridized carbons (Fsp3) is 0.562. The maximum Gasteiger partial charge on any atom is 0.322 e. The third-order valence-electron chi connectivity index (χ3n) is 4.02. The summed E-state index contributed by atoms with van der Waals surface area (Å²) < 4.78 is 16.9. The number of rotatable bonds is 2. The summed E-state index contributed by atoms with van der Waals surface area (Å²) in [4.78, 5) is 14.3. The Labute approximate surface area is 135 Å². The van der Waals surface area contributed by atoms with Crippen LogP contribution in [0.4, 0.5) is 10.5 Å². The molecule has 0 radical (unpaired) electrons. The van der Waals surface area contributed by atoms with Crippen molar-refractivity contribution >= 4 is 11.7 Å². The van der Waals surface area contributed by atoms with Crippen molar-refractivity contribution in [3.05, 3.63) is 24.3 Å². The topological polar surface area (TPSA) is 72.1 Å². The molecule has 2 amide bonds. The van der Waals surface area contributed by atoms with E-state index in [4.69, 9.17) is 14.2 Å². The van der Waals surface area contributed by atoms with Gasteiger partial charge in [-0.05, 0) is 25.1 Å². The first-order chi connectivity index (χ1) is 11.2. The number of carbonyl (C=O) groups is 1. The maximum atomic E-state index is 12.5. The van der Waals surface area contributed by atoms with Gasteiger partial charge in [-0.2, -0.15) is 0 Å². The quantitative estimate of drug-likeness (QED) is 0.858. The maximum absolute atomic E-state index is 12.5. The molecule has 1 spiro atoms. The first-order valence-corrected chi connectivity index (χ1v) is 7.89. The normalized spacial score (nSPS) is 25.0. The third kappa shape index (κ3) is 3.93. The average molecular weight is 321 g/mol. The Morgan fingerprint density at radius 1 is 1.39 bits per heavy atom. The van der Waals surface area contributed by atoms with Gasteiger partial charge in [0.05, 0.1) is 33.4 Å². The van der Waals surface area contributed by atoms with Crippen LogP contribution in [-0.2, 0) is 9.47 Å². The first-order valence-electron chi connectivity index (χ1n) is 7.89.